The maximum absolute atomic E-state index is 13.0. The van der Waals surface area contributed by atoms with Crippen molar-refractivity contribution in [3.05, 3.63) is 315 Å². The van der Waals surface area contributed by atoms with Gasteiger partial charge in [0, 0.05) is 45.0 Å². The molecule has 0 bridgehead atoms. The van der Waals surface area contributed by atoms with E-state index < -0.39 is 21.4 Å². The van der Waals surface area contributed by atoms with Crippen molar-refractivity contribution in [1.29, 1.82) is 0 Å². The van der Waals surface area contributed by atoms with Crippen LogP contribution in [0.25, 0.3) is 66.8 Å². The number of hydrogen-bond acceptors (Lipinski definition) is 6. The van der Waals surface area contributed by atoms with Gasteiger partial charge in [-0.05, 0) is 117 Å². The lowest BCUT2D eigenvalue weighted by Gasteiger charge is -2.30. The molecule has 0 fully saturated rings. The van der Waals surface area contributed by atoms with Gasteiger partial charge in [0.2, 0.25) is 0 Å². The molecule has 0 unspecified atom stereocenters. The zero-order valence-electron chi connectivity index (χ0n) is 45.6. The molecule has 0 aliphatic carbocycles. The molecule has 6 nitrogen and oxygen atoms in total. The highest BCUT2D eigenvalue weighted by Crippen LogP contribution is 2.49. The fraction of sp³-hybridized carbons (Fsp3) is 0.0270. The molecule has 0 saturated carbocycles. The Kier molecular flexibility index (Phi) is 16.6. The number of hydrogen-bond donors (Lipinski definition) is 0. The highest BCUT2D eigenvalue weighted by Gasteiger charge is 2.48. The molecular formula is C74H55F3N2O4S. The summed E-state index contributed by atoms with van der Waals surface area (Å²) in [6, 6.07) is 105. The van der Waals surface area contributed by atoms with E-state index in [9.17, 15) is 21.6 Å². The number of rotatable bonds is 15. The molecule has 12 aromatic rings. The third kappa shape index (κ3) is 12.4. The molecule has 0 atom stereocenters. The van der Waals surface area contributed by atoms with Crippen LogP contribution in [0, 0.1) is 0 Å². The van der Waals surface area contributed by atoms with Crippen LogP contribution < -0.4 is 18.7 Å². The van der Waals surface area contributed by atoms with Crippen molar-refractivity contribution in [2.45, 2.75) is 5.51 Å². The largest absolute Gasteiger partial charge is 0.534 e. The van der Waals surface area contributed by atoms with Crippen molar-refractivity contribution in [2.75, 3.05) is 16.9 Å². The van der Waals surface area contributed by atoms with Gasteiger partial charge >= 0.3 is 15.6 Å². The van der Waals surface area contributed by atoms with Crippen molar-refractivity contribution in [2.24, 2.45) is 0 Å². The SMILES string of the molecule is COc1ccc(N(c2ccc(-c3ccccc3)cc2)c2c(-c3ccccc3)cccc2-c2ccccc2)cc1.O=S(=O)(Oc1ccc(N(c2ccc(-c3ccccc3)cc2)c2c(-c3ccccc3)cccc2-c2ccccc2)cc1)C(F)(F)F. The summed E-state index contributed by atoms with van der Waals surface area (Å²) in [7, 11) is -4.12. The van der Waals surface area contributed by atoms with E-state index in [0.717, 1.165) is 67.6 Å². The van der Waals surface area contributed by atoms with Crippen molar-refractivity contribution in [3.8, 4) is 78.3 Å². The number of alkyl halides is 3. The Hall–Kier alpha value is -10.4. The van der Waals surface area contributed by atoms with Gasteiger partial charge < -0.3 is 18.7 Å². The molecule has 12 aromatic carbocycles. The molecule has 0 N–H and O–H groups in total. The molecule has 0 radical (unpaired) electrons. The fourth-order valence-electron chi connectivity index (χ4n) is 10.2. The summed E-state index contributed by atoms with van der Waals surface area (Å²) in [5.41, 5.74) is 12.8. The smallest absolute Gasteiger partial charge is 0.497 e. The lowest BCUT2D eigenvalue weighted by atomic mass is 9.94. The van der Waals surface area contributed by atoms with Gasteiger partial charge in [0.05, 0.1) is 18.5 Å². The Morgan fingerprint density at radius 3 is 0.786 bits per heavy atom. The van der Waals surface area contributed by atoms with Gasteiger partial charge in [-0.2, -0.15) is 21.6 Å². The van der Waals surface area contributed by atoms with Crippen LogP contribution in [0.2, 0.25) is 0 Å². The number of methoxy groups -OCH3 is 1. The zero-order valence-corrected chi connectivity index (χ0v) is 46.4. The van der Waals surface area contributed by atoms with E-state index in [1.165, 1.54) is 45.5 Å². The summed E-state index contributed by atoms with van der Waals surface area (Å²) in [5.74, 6) is 0.382. The van der Waals surface area contributed by atoms with E-state index in [-0.39, 0.29) is 0 Å². The van der Waals surface area contributed by atoms with Crippen LogP contribution in [0.4, 0.5) is 47.3 Å². The van der Waals surface area contributed by atoms with Crippen LogP contribution in [0.5, 0.6) is 11.5 Å². The second-order valence-corrected chi connectivity index (χ2v) is 21.1. The lowest BCUT2D eigenvalue weighted by Crippen LogP contribution is -2.28. The lowest BCUT2D eigenvalue weighted by molar-refractivity contribution is -0.0500. The second-order valence-electron chi connectivity index (χ2n) is 19.5. The van der Waals surface area contributed by atoms with Gasteiger partial charge in [-0.25, -0.2) is 0 Å². The normalized spacial score (nSPS) is 11.2. The quantitative estimate of drug-likeness (QED) is 0.0753. The highest BCUT2D eigenvalue weighted by atomic mass is 32.2. The van der Waals surface area contributed by atoms with Crippen molar-refractivity contribution in [1.82, 2.24) is 0 Å². The molecule has 84 heavy (non-hydrogen) atoms. The van der Waals surface area contributed by atoms with E-state index in [0.29, 0.717) is 5.69 Å². The van der Waals surface area contributed by atoms with E-state index in [1.54, 1.807) is 19.2 Å². The molecule has 412 valence electrons. The van der Waals surface area contributed by atoms with E-state index in [2.05, 4.69) is 155 Å². The third-order valence-corrected chi connectivity index (χ3v) is 15.2. The Morgan fingerprint density at radius 2 is 0.524 bits per heavy atom. The molecule has 0 aromatic heterocycles. The number of ether oxygens (including phenoxy) is 1. The maximum Gasteiger partial charge on any atom is 0.534 e. The predicted octanol–water partition coefficient (Wildman–Crippen LogP) is 20.6. The van der Waals surface area contributed by atoms with Gasteiger partial charge in [0.25, 0.3) is 0 Å². The first-order chi connectivity index (χ1) is 41.0. The number of para-hydroxylation sites is 2. The predicted molar refractivity (Wildman–Crippen MR) is 337 cm³/mol. The molecule has 0 saturated heterocycles. The van der Waals surface area contributed by atoms with E-state index in [1.807, 2.05) is 150 Å². The van der Waals surface area contributed by atoms with Crippen molar-refractivity contribution >= 4 is 44.2 Å². The maximum atomic E-state index is 13.0. The number of nitrogens with zero attached hydrogens (tertiary/aromatic N) is 2. The summed E-state index contributed by atoms with van der Waals surface area (Å²) in [4.78, 5) is 4.38. The minimum atomic E-state index is -5.82. The van der Waals surface area contributed by atoms with Gasteiger partial charge in [0.1, 0.15) is 11.5 Å². The Balaban J connectivity index is 0.000000177. The molecule has 12 rings (SSSR count). The minimum Gasteiger partial charge on any atom is -0.497 e. The summed E-state index contributed by atoms with van der Waals surface area (Å²) in [5, 5.41) is 0. The van der Waals surface area contributed by atoms with Gasteiger partial charge in [-0.15, -0.1) is 0 Å². The molecule has 0 heterocycles. The number of benzene rings is 12. The first-order valence-electron chi connectivity index (χ1n) is 27.2. The van der Waals surface area contributed by atoms with Crippen LogP contribution in [-0.2, 0) is 10.1 Å². The van der Waals surface area contributed by atoms with Gasteiger partial charge in [0.15, 0.2) is 0 Å². The van der Waals surface area contributed by atoms with E-state index >= 15 is 0 Å². The average molecular weight is 1130 g/mol. The van der Waals surface area contributed by atoms with Crippen LogP contribution in [-0.4, -0.2) is 21.0 Å². The van der Waals surface area contributed by atoms with Crippen LogP contribution in [0.3, 0.4) is 0 Å². The zero-order chi connectivity index (χ0) is 57.9. The molecule has 0 spiro atoms. The number of anilines is 6. The first-order valence-corrected chi connectivity index (χ1v) is 28.6. The Labute approximate surface area is 488 Å². The van der Waals surface area contributed by atoms with E-state index in [4.69, 9.17) is 4.74 Å². The van der Waals surface area contributed by atoms with Crippen molar-refractivity contribution < 1.29 is 30.5 Å². The monoisotopic (exact) mass is 1120 g/mol. The Morgan fingerprint density at radius 1 is 0.286 bits per heavy atom. The second kappa shape index (κ2) is 25.2. The first kappa shape index (κ1) is 55.5. The summed E-state index contributed by atoms with van der Waals surface area (Å²) in [6.45, 7) is 0. The molecule has 0 aliphatic heterocycles. The Bertz CT molecular complexity index is 4080. The molecule has 0 amide bonds. The van der Waals surface area contributed by atoms with Crippen LogP contribution >= 0.6 is 0 Å². The minimum absolute atomic E-state index is 0.449. The summed E-state index contributed by atoms with van der Waals surface area (Å²) in [6.07, 6.45) is 0. The molecular weight excluding hydrogens is 1070 g/mol. The average Bonchev–Trinajstić information content (AvgIpc) is 2.59. The van der Waals surface area contributed by atoms with Gasteiger partial charge in [-0.1, -0.05) is 243 Å². The standard InChI is InChI=1S/C37H26F3NO3S.C37H29NO/c38-37(39,40)45(42,43)44-33-25-23-32(24-26-33)41(31-21-19-28(20-22-31)27-11-4-1-5-12-27)36-34(29-13-6-2-7-14-29)17-10-18-35(36)30-15-8-3-9-16-30;1-39-34-26-24-33(25-27-34)38(32-22-20-29(21-23-32)28-12-5-2-6-13-28)37-35(30-14-7-3-8-15-30)18-11-19-36(37)31-16-9-4-10-17-31/h1-26H;2-27H,1H3. The fourth-order valence-corrected chi connectivity index (χ4v) is 10.7. The topological polar surface area (TPSA) is 59.1 Å². The summed E-state index contributed by atoms with van der Waals surface area (Å²) >= 11 is 0. The molecule has 10 heteroatoms. The third-order valence-electron chi connectivity index (χ3n) is 14.2. The number of halogens is 3. The van der Waals surface area contributed by atoms with Crippen LogP contribution in [0.1, 0.15) is 0 Å². The molecule has 0 aliphatic rings. The van der Waals surface area contributed by atoms with Crippen LogP contribution in [0.15, 0.2) is 315 Å². The summed E-state index contributed by atoms with van der Waals surface area (Å²) < 4.78 is 72.3. The van der Waals surface area contributed by atoms with Crippen molar-refractivity contribution in [3.63, 3.8) is 0 Å². The van der Waals surface area contributed by atoms with Gasteiger partial charge in [-0.3, -0.25) is 0 Å². The highest BCUT2D eigenvalue weighted by molar-refractivity contribution is 7.88.